The predicted molar refractivity (Wildman–Crippen MR) is 82.0 cm³/mol. The van der Waals surface area contributed by atoms with Crippen molar-refractivity contribution in [3.8, 4) is 0 Å². The molecular weight excluding hydrogens is 266 g/mol. The average Bonchev–Trinajstić information content (AvgIpc) is 3.15. The predicted octanol–water partition coefficient (Wildman–Crippen LogP) is 2.30. The van der Waals surface area contributed by atoms with Crippen molar-refractivity contribution in [3.63, 3.8) is 0 Å². The van der Waals surface area contributed by atoms with Crippen molar-refractivity contribution in [2.24, 2.45) is 0 Å². The fourth-order valence-electron chi connectivity index (χ4n) is 2.66. The van der Waals surface area contributed by atoms with Crippen LogP contribution in [0.5, 0.6) is 0 Å². The first-order valence-electron chi connectivity index (χ1n) is 8.04. The molecule has 0 bridgehead atoms. The third kappa shape index (κ3) is 4.30. The second kappa shape index (κ2) is 7.07. The Kier molecular flexibility index (Phi) is 5.39. The lowest BCUT2D eigenvalue weighted by molar-refractivity contribution is -0.151. The lowest BCUT2D eigenvalue weighted by atomic mass is 9.95. The van der Waals surface area contributed by atoms with E-state index in [9.17, 15) is 4.79 Å². The molecule has 1 aliphatic carbocycles. The maximum absolute atomic E-state index is 12.2. The van der Waals surface area contributed by atoms with Gasteiger partial charge in [-0.1, -0.05) is 6.92 Å². The van der Waals surface area contributed by atoms with E-state index in [1.54, 1.807) is 0 Å². The molecule has 0 saturated heterocycles. The fraction of sp³-hybridized carbons (Fsp3) is 0.750. The topological polar surface area (TPSA) is 56.2 Å². The molecule has 1 aliphatic rings. The van der Waals surface area contributed by atoms with Gasteiger partial charge in [0.15, 0.2) is 0 Å². The highest BCUT2D eigenvalue weighted by Crippen LogP contribution is 2.26. The van der Waals surface area contributed by atoms with Gasteiger partial charge in [0.2, 0.25) is 0 Å². The smallest absolute Gasteiger partial charge is 0.326 e. The Balaban J connectivity index is 1.90. The quantitative estimate of drug-likeness (QED) is 0.710. The average molecular weight is 293 g/mol. The molecule has 1 unspecified atom stereocenters. The number of imidazole rings is 1. The number of aryl methyl sites for hydroxylation is 2. The van der Waals surface area contributed by atoms with Gasteiger partial charge in [-0.05, 0) is 39.5 Å². The highest BCUT2D eigenvalue weighted by atomic mass is 16.5. The molecule has 0 radical (unpaired) electrons. The van der Waals surface area contributed by atoms with E-state index in [-0.39, 0.29) is 5.97 Å². The highest BCUT2D eigenvalue weighted by Gasteiger charge is 2.39. The molecule has 1 N–H and O–H groups in total. The standard InChI is InChI=1S/C16H27N3O2/c1-4-14-17-10-12-19(14)11-6-9-16(3,15(20)21-5-2)18-13-7-8-13/h10,12-13,18H,4-9,11H2,1-3H3. The van der Waals surface area contributed by atoms with E-state index in [1.807, 2.05) is 26.2 Å². The summed E-state index contributed by atoms with van der Waals surface area (Å²) in [6.07, 6.45) is 8.82. The first-order valence-corrected chi connectivity index (χ1v) is 8.04. The van der Waals surface area contributed by atoms with E-state index < -0.39 is 5.54 Å². The van der Waals surface area contributed by atoms with Gasteiger partial charge in [-0.2, -0.15) is 0 Å². The second-order valence-corrected chi connectivity index (χ2v) is 5.97. The van der Waals surface area contributed by atoms with Crippen molar-refractivity contribution in [1.29, 1.82) is 0 Å². The number of nitrogens with zero attached hydrogens (tertiary/aromatic N) is 2. The Morgan fingerprint density at radius 2 is 2.29 bits per heavy atom. The van der Waals surface area contributed by atoms with Gasteiger partial charge in [0, 0.05) is 31.4 Å². The maximum atomic E-state index is 12.2. The molecule has 21 heavy (non-hydrogen) atoms. The van der Waals surface area contributed by atoms with Crippen LogP contribution in [-0.4, -0.2) is 33.7 Å². The van der Waals surface area contributed by atoms with E-state index in [0.717, 1.165) is 44.5 Å². The largest absolute Gasteiger partial charge is 0.465 e. The van der Waals surface area contributed by atoms with Crippen LogP contribution < -0.4 is 5.32 Å². The summed E-state index contributed by atoms with van der Waals surface area (Å²) >= 11 is 0. The van der Waals surface area contributed by atoms with E-state index in [2.05, 4.69) is 21.8 Å². The molecule has 1 saturated carbocycles. The minimum atomic E-state index is -0.565. The minimum Gasteiger partial charge on any atom is -0.465 e. The summed E-state index contributed by atoms with van der Waals surface area (Å²) in [7, 11) is 0. The van der Waals surface area contributed by atoms with Gasteiger partial charge in [0.25, 0.3) is 0 Å². The lowest BCUT2D eigenvalue weighted by Gasteiger charge is -2.29. The highest BCUT2D eigenvalue weighted by molar-refractivity contribution is 5.80. The van der Waals surface area contributed by atoms with Gasteiger partial charge >= 0.3 is 5.97 Å². The summed E-state index contributed by atoms with van der Waals surface area (Å²) < 4.78 is 7.42. The van der Waals surface area contributed by atoms with Crippen molar-refractivity contribution in [3.05, 3.63) is 18.2 Å². The molecule has 118 valence electrons. The van der Waals surface area contributed by atoms with Gasteiger partial charge in [-0.3, -0.25) is 10.1 Å². The molecule has 1 fully saturated rings. The van der Waals surface area contributed by atoms with Gasteiger partial charge in [0.05, 0.1) is 6.61 Å². The molecule has 0 spiro atoms. The Morgan fingerprint density at radius 3 is 2.90 bits per heavy atom. The number of esters is 1. The fourth-order valence-corrected chi connectivity index (χ4v) is 2.66. The number of ether oxygens (including phenoxy) is 1. The van der Waals surface area contributed by atoms with E-state index in [0.29, 0.717) is 12.6 Å². The number of hydrogen-bond acceptors (Lipinski definition) is 4. The van der Waals surface area contributed by atoms with Crippen LogP contribution in [-0.2, 0) is 22.5 Å². The maximum Gasteiger partial charge on any atom is 0.326 e. The first kappa shape index (κ1) is 16.0. The van der Waals surface area contributed by atoms with E-state index in [1.165, 1.54) is 0 Å². The summed E-state index contributed by atoms with van der Waals surface area (Å²) in [4.78, 5) is 16.6. The summed E-state index contributed by atoms with van der Waals surface area (Å²) in [5.74, 6) is 0.973. The molecule has 1 aromatic rings. The molecule has 0 amide bonds. The lowest BCUT2D eigenvalue weighted by Crippen LogP contribution is -2.51. The van der Waals surface area contributed by atoms with Gasteiger partial charge in [-0.15, -0.1) is 0 Å². The van der Waals surface area contributed by atoms with Crippen LogP contribution in [0, 0.1) is 0 Å². The number of nitrogens with one attached hydrogen (secondary N) is 1. The summed E-state index contributed by atoms with van der Waals surface area (Å²) in [5, 5.41) is 3.46. The zero-order valence-electron chi connectivity index (χ0n) is 13.4. The molecule has 1 aromatic heterocycles. The first-order chi connectivity index (χ1) is 10.1. The van der Waals surface area contributed by atoms with E-state index >= 15 is 0 Å². The van der Waals surface area contributed by atoms with Crippen molar-refractivity contribution in [2.45, 2.75) is 71.0 Å². The third-order valence-corrected chi connectivity index (χ3v) is 4.02. The molecule has 2 rings (SSSR count). The zero-order chi connectivity index (χ0) is 15.3. The van der Waals surface area contributed by atoms with Crippen LogP contribution in [0.2, 0.25) is 0 Å². The van der Waals surface area contributed by atoms with Crippen molar-refractivity contribution >= 4 is 5.97 Å². The number of carbonyl (C=O) groups excluding carboxylic acids is 1. The van der Waals surface area contributed by atoms with Crippen LogP contribution in [0.15, 0.2) is 12.4 Å². The normalized spacial score (nSPS) is 17.5. The SMILES string of the molecule is CCOC(=O)C(C)(CCCn1ccnc1CC)NC1CC1. The van der Waals surface area contributed by atoms with E-state index in [4.69, 9.17) is 4.74 Å². The van der Waals surface area contributed by atoms with Gasteiger partial charge in [-0.25, -0.2) is 4.98 Å². The molecule has 1 atom stereocenters. The van der Waals surface area contributed by atoms with Gasteiger partial charge < -0.3 is 9.30 Å². The summed E-state index contributed by atoms with van der Waals surface area (Å²) in [6, 6.07) is 0.485. The van der Waals surface area contributed by atoms with Crippen LogP contribution in [0.3, 0.4) is 0 Å². The van der Waals surface area contributed by atoms with Crippen molar-refractivity contribution in [2.75, 3.05) is 6.61 Å². The molecule has 1 heterocycles. The Morgan fingerprint density at radius 1 is 1.52 bits per heavy atom. The van der Waals surface area contributed by atoms with Crippen molar-refractivity contribution in [1.82, 2.24) is 14.9 Å². The van der Waals surface area contributed by atoms with Crippen LogP contribution in [0.25, 0.3) is 0 Å². The monoisotopic (exact) mass is 293 g/mol. The third-order valence-electron chi connectivity index (χ3n) is 4.02. The van der Waals surface area contributed by atoms with Crippen LogP contribution in [0.1, 0.15) is 52.3 Å². The zero-order valence-corrected chi connectivity index (χ0v) is 13.4. The Bertz CT molecular complexity index is 468. The molecule has 5 nitrogen and oxygen atoms in total. The second-order valence-electron chi connectivity index (χ2n) is 5.97. The van der Waals surface area contributed by atoms with Gasteiger partial charge in [0.1, 0.15) is 11.4 Å². The summed E-state index contributed by atoms with van der Waals surface area (Å²) in [5.41, 5.74) is -0.565. The molecule has 5 heteroatoms. The minimum absolute atomic E-state index is 0.127. The summed E-state index contributed by atoms with van der Waals surface area (Å²) in [6.45, 7) is 7.26. The molecule has 0 aliphatic heterocycles. The number of carbonyl (C=O) groups is 1. The Hall–Kier alpha value is -1.36. The van der Waals surface area contributed by atoms with Crippen molar-refractivity contribution < 1.29 is 9.53 Å². The number of aromatic nitrogens is 2. The Labute approximate surface area is 127 Å². The van der Waals surface area contributed by atoms with Crippen LogP contribution >= 0.6 is 0 Å². The molecular formula is C16H27N3O2. The number of rotatable bonds is 9. The number of hydrogen-bond donors (Lipinski definition) is 1. The molecule has 0 aromatic carbocycles. The van der Waals surface area contributed by atoms with Crippen LogP contribution in [0.4, 0.5) is 0 Å².